The molecule has 0 aromatic heterocycles. The lowest BCUT2D eigenvalue weighted by atomic mass is 10.0. The van der Waals surface area contributed by atoms with E-state index in [1.165, 1.54) is 0 Å². The summed E-state index contributed by atoms with van der Waals surface area (Å²) in [7, 11) is 0. The van der Waals surface area contributed by atoms with Crippen molar-refractivity contribution in [1.82, 2.24) is 4.90 Å². The number of carbonyl (C=O) groups is 1. The number of benzene rings is 1. The molecule has 0 spiro atoms. The third-order valence-electron chi connectivity index (χ3n) is 2.64. The van der Waals surface area contributed by atoms with Gasteiger partial charge in [0, 0.05) is 17.4 Å². The van der Waals surface area contributed by atoms with Crippen molar-refractivity contribution in [3.05, 3.63) is 35.4 Å². The first-order valence-electron chi connectivity index (χ1n) is 5.89. The van der Waals surface area contributed by atoms with Crippen molar-refractivity contribution in [1.29, 1.82) is 0 Å². The summed E-state index contributed by atoms with van der Waals surface area (Å²) >= 11 is 3.07. The maximum atomic E-state index is 12.5. The molecule has 0 heterocycles. The molecule has 1 amide bonds. The van der Waals surface area contributed by atoms with Crippen LogP contribution >= 0.6 is 15.9 Å². The number of hydrogen-bond acceptors (Lipinski definition) is 1. The third-order valence-corrected chi connectivity index (χ3v) is 3.00. The molecule has 0 fully saturated rings. The second-order valence-electron chi connectivity index (χ2n) is 4.04. The standard InChI is InChI=1S/C13H15BrF3NO/c1-2-10-5-3-4-6-11(10)12(19)18(8-7-14)9-13(15,16)17/h3-6H,2,7-9H2,1H3. The average molecular weight is 338 g/mol. The van der Waals surface area contributed by atoms with Gasteiger partial charge in [-0.25, -0.2) is 0 Å². The van der Waals surface area contributed by atoms with Crippen molar-refractivity contribution in [2.45, 2.75) is 19.5 Å². The predicted molar refractivity (Wildman–Crippen MR) is 71.6 cm³/mol. The van der Waals surface area contributed by atoms with Crippen molar-refractivity contribution in [3.8, 4) is 0 Å². The lowest BCUT2D eigenvalue weighted by molar-refractivity contribution is -0.140. The maximum absolute atomic E-state index is 12.5. The zero-order valence-electron chi connectivity index (χ0n) is 10.5. The van der Waals surface area contributed by atoms with Crippen molar-refractivity contribution in [3.63, 3.8) is 0 Å². The zero-order chi connectivity index (χ0) is 14.5. The van der Waals surface area contributed by atoms with Crippen LogP contribution in [0.4, 0.5) is 13.2 Å². The van der Waals surface area contributed by atoms with Crippen molar-refractivity contribution >= 4 is 21.8 Å². The Morgan fingerprint density at radius 2 is 1.95 bits per heavy atom. The molecule has 0 saturated heterocycles. The number of amides is 1. The fourth-order valence-electron chi connectivity index (χ4n) is 1.78. The number of alkyl halides is 4. The van der Waals surface area contributed by atoms with Gasteiger partial charge in [0.1, 0.15) is 6.54 Å². The van der Waals surface area contributed by atoms with E-state index in [1.807, 2.05) is 6.92 Å². The van der Waals surface area contributed by atoms with E-state index in [-0.39, 0.29) is 6.54 Å². The summed E-state index contributed by atoms with van der Waals surface area (Å²) in [5.74, 6) is -0.575. The first kappa shape index (κ1) is 16.0. The van der Waals surface area contributed by atoms with Gasteiger partial charge in [-0.15, -0.1) is 0 Å². The number of carbonyl (C=O) groups excluding carboxylic acids is 1. The lowest BCUT2D eigenvalue weighted by Crippen LogP contribution is -2.40. The molecule has 1 rings (SSSR count). The fourth-order valence-corrected chi connectivity index (χ4v) is 2.21. The largest absolute Gasteiger partial charge is 0.406 e. The summed E-state index contributed by atoms with van der Waals surface area (Å²) in [6, 6.07) is 6.76. The Morgan fingerprint density at radius 3 is 2.47 bits per heavy atom. The summed E-state index contributed by atoms with van der Waals surface area (Å²) in [5.41, 5.74) is 1.10. The SMILES string of the molecule is CCc1ccccc1C(=O)N(CCBr)CC(F)(F)F. The van der Waals surface area contributed by atoms with E-state index < -0.39 is 18.6 Å². The highest BCUT2D eigenvalue weighted by Gasteiger charge is 2.33. The van der Waals surface area contributed by atoms with Crippen LogP contribution in [0.5, 0.6) is 0 Å². The van der Waals surface area contributed by atoms with Crippen LogP contribution in [-0.2, 0) is 6.42 Å². The summed E-state index contributed by atoms with van der Waals surface area (Å²) in [6.07, 6.45) is -3.78. The Hall–Kier alpha value is -1.04. The van der Waals surface area contributed by atoms with Gasteiger partial charge in [0.15, 0.2) is 0 Å². The van der Waals surface area contributed by atoms with Gasteiger partial charge in [-0.1, -0.05) is 41.1 Å². The number of hydrogen-bond donors (Lipinski definition) is 0. The number of aryl methyl sites for hydroxylation is 1. The van der Waals surface area contributed by atoms with Gasteiger partial charge in [0.25, 0.3) is 5.91 Å². The highest BCUT2D eigenvalue weighted by Crippen LogP contribution is 2.19. The highest BCUT2D eigenvalue weighted by atomic mass is 79.9. The molecule has 19 heavy (non-hydrogen) atoms. The van der Waals surface area contributed by atoms with E-state index in [9.17, 15) is 18.0 Å². The van der Waals surface area contributed by atoms with Crippen LogP contribution in [0.1, 0.15) is 22.8 Å². The molecule has 0 radical (unpaired) electrons. The lowest BCUT2D eigenvalue weighted by Gasteiger charge is -2.24. The molecule has 0 aliphatic heterocycles. The van der Waals surface area contributed by atoms with Crippen LogP contribution in [0.15, 0.2) is 24.3 Å². The Bertz CT molecular complexity index is 434. The van der Waals surface area contributed by atoms with E-state index in [0.717, 1.165) is 10.5 Å². The molecule has 6 heteroatoms. The van der Waals surface area contributed by atoms with E-state index in [1.54, 1.807) is 24.3 Å². The molecule has 0 unspecified atom stereocenters. The molecule has 0 aliphatic rings. The molecule has 106 valence electrons. The van der Waals surface area contributed by atoms with Gasteiger partial charge < -0.3 is 4.90 Å². The monoisotopic (exact) mass is 337 g/mol. The maximum Gasteiger partial charge on any atom is 0.406 e. The molecule has 0 N–H and O–H groups in total. The van der Waals surface area contributed by atoms with Crippen molar-refractivity contribution in [2.75, 3.05) is 18.4 Å². The van der Waals surface area contributed by atoms with Gasteiger partial charge in [-0.3, -0.25) is 4.79 Å². The van der Waals surface area contributed by atoms with E-state index in [4.69, 9.17) is 0 Å². The Morgan fingerprint density at radius 1 is 1.32 bits per heavy atom. The molecule has 0 bridgehead atoms. The highest BCUT2D eigenvalue weighted by molar-refractivity contribution is 9.09. The quantitative estimate of drug-likeness (QED) is 0.751. The summed E-state index contributed by atoms with van der Waals surface area (Å²) < 4.78 is 37.4. The molecular weight excluding hydrogens is 323 g/mol. The van der Waals surface area contributed by atoms with E-state index in [2.05, 4.69) is 15.9 Å². The van der Waals surface area contributed by atoms with Gasteiger partial charge in [0.2, 0.25) is 0 Å². The second kappa shape index (κ2) is 6.93. The van der Waals surface area contributed by atoms with Crippen LogP contribution < -0.4 is 0 Å². The normalized spacial score (nSPS) is 11.4. The summed E-state index contributed by atoms with van der Waals surface area (Å²) in [4.78, 5) is 13.0. The van der Waals surface area contributed by atoms with Crippen LogP contribution in [0, 0.1) is 0 Å². The molecular formula is C13H15BrF3NO. The molecule has 0 atom stereocenters. The van der Waals surface area contributed by atoms with Gasteiger partial charge >= 0.3 is 6.18 Å². The topological polar surface area (TPSA) is 20.3 Å². The van der Waals surface area contributed by atoms with Crippen LogP contribution in [-0.4, -0.2) is 35.4 Å². The summed E-state index contributed by atoms with van der Waals surface area (Å²) in [6.45, 7) is 0.663. The molecule has 0 aliphatic carbocycles. The molecule has 0 saturated carbocycles. The third kappa shape index (κ3) is 4.86. The first-order chi connectivity index (χ1) is 8.89. The molecule has 1 aromatic carbocycles. The van der Waals surface area contributed by atoms with Gasteiger partial charge in [-0.05, 0) is 18.1 Å². The predicted octanol–water partition coefficient (Wildman–Crippen LogP) is 3.65. The fraction of sp³-hybridized carbons (Fsp3) is 0.462. The Balaban J connectivity index is 2.99. The smallest absolute Gasteiger partial charge is 0.329 e. The van der Waals surface area contributed by atoms with Gasteiger partial charge in [-0.2, -0.15) is 13.2 Å². The molecule has 1 aromatic rings. The van der Waals surface area contributed by atoms with Crippen LogP contribution in [0.2, 0.25) is 0 Å². The van der Waals surface area contributed by atoms with E-state index >= 15 is 0 Å². The minimum Gasteiger partial charge on any atom is -0.329 e. The average Bonchev–Trinajstić information content (AvgIpc) is 2.36. The minimum absolute atomic E-state index is 0.0242. The van der Waals surface area contributed by atoms with Crippen LogP contribution in [0.25, 0.3) is 0 Å². The second-order valence-corrected chi connectivity index (χ2v) is 4.83. The van der Waals surface area contributed by atoms with Crippen molar-refractivity contribution < 1.29 is 18.0 Å². The van der Waals surface area contributed by atoms with Crippen LogP contribution in [0.3, 0.4) is 0 Å². The summed E-state index contributed by atoms with van der Waals surface area (Å²) in [5, 5.41) is 0.309. The number of rotatable bonds is 5. The number of nitrogens with zero attached hydrogens (tertiary/aromatic N) is 1. The first-order valence-corrected chi connectivity index (χ1v) is 7.01. The molecule has 2 nitrogen and oxygen atoms in total. The van der Waals surface area contributed by atoms with Crippen molar-refractivity contribution in [2.24, 2.45) is 0 Å². The minimum atomic E-state index is -4.39. The van der Waals surface area contributed by atoms with Gasteiger partial charge in [0.05, 0.1) is 0 Å². The zero-order valence-corrected chi connectivity index (χ0v) is 12.1. The Kier molecular flexibility index (Phi) is 5.85. The van der Waals surface area contributed by atoms with E-state index in [0.29, 0.717) is 17.3 Å². The number of halogens is 4. The Labute approximate surface area is 118 Å².